The molecule has 0 aromatic carbocycles. The van der Waals surface area contributed by atoms with Gasteiger partial charge in [-0.05, 0) is 62.2 Å². The van der Waals surface area contributed by atoms with Crippen molar-refractivity contribution in [2.45, 2.75) is 50.6 Å². The summed E-state index contributed by atoms with van der Waals surface area (Å²) in [6.45, 7) is 0. The van der Waals surface area contributed by atoms with Crippen LogP contribution in [0, 0.1) is 29.6 Å². The molecule has 4 saturated carbocycles. The van der Waals surface area contributed by atoms with Crippen LogP contribution in [0.15, 0.2) is 12.2 Å². The number of rotatable bonds is 2. The second kappa shape index (κ2) is 4.59. The third-order valence-corrected chi connectivity index (χ3v) is 6.41. The Balaban J connectivity index is 1.50. The first-order valence-corrected chi connectivity index (χ1v) is 8.32. The minimum atomic E-state index is 0.0344. The average molecular weight is 274 g/mol. The van der Waals surface area contributed by atoms with E-state index in [9.17, 15) is 4.79 Å². The summed E-state index contributed by atoms with van der Waals surface area (Å²) in [6.07, 6.45) is 11.8. The summed E-state index contributed by atoms with van der Waals surface area (Å²) in [5, 5.41) is 0. The van der Waals surface area contributed by atoms with Crippen molar-refractivity contribution < 1.29 is 4.79 Å². The highest BCUT2D eigenvalue weighted by molar-refractivity contribution is 5.81. The molecule has 2 N–H and O–H groups in total. The molecule has 0 aromatic heterocycles. The Morgan fingerprint density at radius 2 is 1.60 bits per heavy atom. The third kappa shape index (κ3) is 1.93. The van der Waals surface area contributed by atoms with Crippen LogP contribution < -0.4 is 5.73 Å². The van der Waals surface area contributed by atoms with E-state index >= 15 is 0 Å². The van der Waals surface area contributed by atoms with Crippen LogP contribution in [-0.4, -0.2) is 29.9 Å². The van der Waals surface area contributed by atoms with E-state index in [-0.39, 0.29) is 12.0 Å². The highest BCUT2D eigenvalue weighted by Crippen LogP contribution is 2.55. The number of hydrogen-bond acceptors (Lipinski definition) is 2. The van der Waals surface area contributed by atoms with E-state index in [4.69, 9.17) is 5.73 Å². The van der Waals surface area contributed by atoms with Crippen LogP contribution in [0.25, 0.3) is 0 Å². The molecule has 1 amide bonds. The van der Waals surface area contributed by atoms with Gasteiger partial charge in [0.1, 0.15) is 0 Å². The number of amides is 1. The lowest BCUT2D eigenvalue weighted by Crippen LogP contribution is -2.57. The normalized spacial score (nSPS) is 48.8. The van der Waals surface area contributed by atoms with Gasteiger partial charge < -0.3 is 10.6 Å². The Morgan fingerprint density at radius 3 is 2.10 bits per heavy atom. The van der Waals surface area contributed by atoms with Gasteiger partial charge in [-0.25, -0.2) is 0 Å². The van der Waals surface area contributed by atoms with Crippen LogP contribution in [0.2, 0.25) is 0 Å². The zero-order valence-electron chi connectivity index (χ0n) is 12.4. The molecule has 5 aliphatic carbocycles. The van der Waals surface area contributed by atoms with Gasteiger partial charge >= 0.3 is 0 Å². The summed E-state index contributed by atoms with van der Waals surface area (Å²) in [5.74, 6) is 3.84. The molecule has 3 heteroatoms. The lowest BCUT2D eigenvalue weighted by molar-refractivity contribution is -0.143. The zero-order valence-corrected chi connectivity index (χ0v) is 12.4. The van der Waals surface area contributed by atoms with Crippen molar-refractivity contribution in [3.63, 3.8) is 0 Å². The van der Waals surface area contributed by atoms with Crippen LogP contribution in [0.1, 0.15) is 38.5 Å². The summed E-state index contributed by atoms with van der Waals surface area (Å²) in [7, 11) is 2.05. The number of carbonyl (C=O) groups excluding carboxylic acids is 1. The molecule has 0 saturated heterocycles. The molecule has 3 nitrogen and oxygen atoms in total. The van der Waals surface area contributed by atoms with E-state index in [0.29, 0.717) is 11.9 Å². The molecule has 0 aliphatic heterocycles. The Bertz CT molecular complexity index is 416. The predicted molar refractivity (Wildman–Crippen MR) is 78.8 cm³/mol. The Labute approximate surface area is 121 Å². The van der Waals surface area contributed by atoms with E-state index in [1.54, 1.807) is 0 Å². The first kappa shape index (κ1) is 12.9. The summed E-state index contributed by atoms with van der Waals surface area (Å²) >= 11 is 0. The topological polar surface area (TPSA) is 46.3 Å². The molecular formula is C17H26N2O. The monoisotopic (exact) mass is 274 g/mol. The largest absolute Gasteiger partial charge is 0.342 e. The fraction of sp³-hybridized carbons (Fsp3) is 0.824. The number of nitrogens with zero attached hydrogens (tertiary/aromatic N) is 1. The highest BCUT2D eigenvalue weighted by atomic mass is 16.2. The van der Waals surface area contributed by atoms with Gasteiger partial charge in [-0.2, -0.15) is 0 Å². The summed E-state index contributed by atoms with van der Waals surface area (Å²) < 4.78 is 0. The van der Waals surface area contributed by atoms with Gasteiger partial charge in [0.15, 0.2) is 0 Å². The summed E-state index contributed by atoms with van der Waals surface area (Å²) in [4.78, 5) is 14.8. The molecule has 2 unspecified atom stereocenters. The Hall–Kier alpha value is -0.830. The molecule has 4 fully saturated rings. The van der Waals surface area contributed by atoms with Gasteiger partial charge in [0, 0.05) is 19.1 Å². The summed E-state index contributed by atoms with van der Waals surface area (Å²) in [6, 6.07) is 0.594. The first-order valence-electron chi connectivity index (χ1n) is 8.32. The van der Waals surface area contributed by atoms with E-state index in [1.165, 1.54) is 32.1 Å². The second-order valence-electron chi connectivity index (χ2n) is 7.76. The van der Waals surface area contributed by atoms with Gasteiger partial charge in [-0.15, -0.1) is 0 Å². The number of carbonyl (C=O) groups is 1. The highest BCUT2D eigenvalue weighted by Gasteiger charge is 2.50. The fourth-order valence-electron chi connectivity index (χ4n) is 5.85. The van der Waals surface area contributed by atoms with E-state index in [0.717, 1.165) is 30.1 Å². The predicted octanol–water partition coefficient (Wildman–Crippen LogP) is 2.17. The van der Waals surface area contributed by atoms with Crippen molar-refractivity contribution in [1.29, 1.82) is 0 Å². The standard InChI is InChI=1S/C17H26N2O/c1-19(17(20)12-2-3-15(18)9-12)16-13-5-10-4-11(7-13)8-14(16)6-10/h2-3,10-16H,4-9,18H2,1H3. The molecule has 0 heterocycles. The molecule has 0 spiro atoms. The van der Waals surface area contributed by atoms with Crippen molar-refractivity contribution in [2.24, 2.45) is 35.3 Å². The summed E-state index contributed by atoms with van der Waals surface area (Å²) in [5.41, 5.74) is 5.90. The molecule has 0 radical (unpaired) electrons. The lowest BCUT2D eigenvalue weighted by atomic mass is 9.54. The average Bonchev–Trinajstić information content (AvgIpc) is 2.83. The van der Waals surface area contributed by atoms with E-state index < -0.39 is 0 Å². The Kier molecular flexibility index (Phi) is 2.95. The van der Waals surface area contributed by atoms with Gasteiger partial charge in [0.05, 0.1) is 5.92 Å². The SMILES string of the molecule is CN(C(=O)C1C=CC(N)C1)C1C2CC3CC(C2)CC1C3. The fourth-order valence-corrected chi connectivity index (χ4v) is 5.85. The van der Waals surface area contributed by atoms with Gasteiger partial charge in [-0.3, -0.25) is 4.79 Å². The van der Waals surface area contributed by atoms with E-state index in [2.05, 4.69) is 4.90 Å². The van der Waals surface area contributed by atoms with Crippen LogP contribution in [0.5, 0.6) is 0 Å². The number of nitrogens with two attached hydrogens (primary N) is 1. The quantitative estimate of drug-likeness (QED) is 0.784. The zero-order chi connectivity index (χ0) is 13.9. The maximum absolute atomic E-state index is 12.7. The van der Waals surface area contributed by atoms with Crippen LogP contribution in [-0.2, 0) is 4.79 Å². The maximum atomic E-state index is 12.7. The van der Waals surface area contributed by atoms with Gasteiger partial charge in [0.25, 0.3) is 0 Å². The van der Waals surface area contributed by atoms with Crippen molar-refractivity contribution in [1.82, 2.24) is 4.90 Å². The van der Waals surface area contributed by atoms with Gasteiger partial charge in [0.2, 0.25) is 5.91 Å². The molecular weight excluding hydrogens is 248 g/mol. The van der Waals surface area contributed by atoms with Crippen molar-refractivity contribution in [2.75, 3.05) is 7.05 Å². The minimum absolute atomic E-state index is 0.0344. The Morgan fingerprint density at radius 1 is 1.00 bits per heavy atom. The molecule has 110 valence electrons. The molecule has 20 heavy (non-hydrogen) atoms. The minimum Gasteiger partial charge on any atom is -0.342 e. The molecule has 5 aliphatic rings. The molecule has 5 rings (SSSR count). The van der Waals surface area contributed by atoms with Crippen molar-refractivity contribution in [3.05, 3.63) is 12.2 Å². The molecule has 2 atom stereocenters. The van der Waals surface area contributed by atoms with E-state index in [1.807, 2.05) is 19.2 Å². The third-order valence-electron chi connectivity index (χ3n) is 6.41. The van der Waals surface area contributed by atoms with Gasteiger partial charge in [-0.1, -0.05) is 12.2 Å². The smallest absolute Gasteiger partial charge is 0.229 e. The second-order valence-corrected chi connectivity index (χ2v) is 7.76. The van der Waals surface area contributed by atoms with Crippen LogP contribution in [0.3, 0.4) is 0 Å². The molecule has 0 aromatic rings. The van der Waals surface area contributed by atoms with Crippen molar-refractivity contribution in [3.8, 4) is 0 Å². The van der Waals surface area contributed by atoms with Crippen molar-refractivity contribution >= 4 is 5.91 Å². The first-order chi connectivity index (χ1) is 9.61. The van der Waals surface area contributed by atoms with Crippen LogP contribution >= 0.6 is 0 Å². The molecule has 4 bridgehead atoms. The van der Waals surface area contributed by atoms with Crippen LogP contribution in [0.4, 0.5) is 0 Å². The lowest BCUT2D eigenvalue weighted by Gasteiger charge is -2.56. The number of hydrogen-bond donors (Lipinski definition) is 1. The maximum Gasteiger partial charge on any atom is 0.229 e.